The van der Waals surface area contributed by atoms with Crippen molar-refractivity contribution in [2.75, 3.05) is 0 Å². The van der Waals surface area contributed by atoms with Crippen LogP contribution in [0.4, 0.5) is 0 Å². The second-order valence-electron chi connectivity index (χ2n) is 15.4. The zero-order chi connectivity index (χ0) is 36.4. The summed E-state index contributed by atoms with van der Waals surface area (Å²) in [5.41, 5.74) is 8.20. The molecule has 0 fully saturated rings. The zero-order valence-corrected chi connectivity index (χ0v) is 33.6. The number of thiophene rings is 2. The van der Waals surface area contributed by atoms with Crippen LogP contribution in [0.2, 0.25) is 0 Å². The third-order valence-electron chi connectivity index (χ3n) is 11.9. The van der Waals surface area contributed by atoms with Gasteiger partial charge in [-0.15, -0.1) is 22.7 Å². The van der Waals surface area contributed by atoms with Crippen molar-refractivity contribution in [2.24, 2.45) is 0 Å². The fourth-order valence-electron chi connectivity index (χ4n) is 9.26. The van der Waals surface area contributed by atoms with Crippen molar-refractivity contribution in [1.82, 2.24) is 9.13 Å². The average Bonchev–Trinajstić information content (AvgIpc) is 4.03. The van der Waals surface area contributed by atoms with Gasteiger partial charge < -0.3 is 9.13 Å². The van der Waals surface area contributed by atoms with E-state index < -0.39 is 0 Å². The van der Waals surface area contributed by atoms with Gasteiger partial charge in [0.05, 0.1) is 0 Å². The van der Waals surface area contributed by atoms with Crippen molar-refractivity contribution in [3.63, 3.8) is 0 Å². The minimum absolute atomic E-state index is 1.06. The van der Waals surface area contributed by atoms with Crippen LogP contribution in [-0.2, 0) is 13.1 Å². The molecule has 9 rings (SSSR count). The number of para-hydroxylation sites is 2. The Bertz CT molecular complexity index is 2540. The molecule has 0 amide bonds. The lowest BCUT2D eigenvalue weighted by atomic mass is 9.88. The summed E-state index contributed by atoms with van der Waals surface area (Å²) in [6.07, 6.45) is 15.6. The van der Waals surface area contributed by atoms with Crippen molar-refractivity contribution in [3.8, 4) is 20.9 Å². The molecule has 5 aromatic carbocycles. The van der Waals surface area contributed by atoms with E-state index >= 15 is 0 Å². The molecule has 0 aliphatic heterocycles. The number of benzene rings is 5. The highest BCUT2D eigenvalue weighted by Crippen LogP contribution is 2.49. The van der Waals surface area contributed by atoms with Gasteiger partial charge in [0.15, 0.2) is 0 Å². The predicted octanol–water partition coefficient (Wildman–Crippen LogP) is 16.4. The Labute approximate surface area is 328 Å². The minimum Gasteiger partial charge on any atom is -0.340 e. The minimum atomic E-state index is 1.06. The molecule has 0 saturated heterocycles. The van der Waals surface area contributed by atoms with Gasteiger partial charge in [0.2, 0.25) is 0 Å². The molecule has 4 heterocycles. The van der Waals surface area contributed by atoms with Crippen LogP contribution >= 0.6 is 22.7 Å². The number of aryl methyl sites for hydroxylation is 2. The Kier molecular flexibility index (Phi) is 10.3. The van der Waals surface area contributed by atoms with E-state index in [4.69, 9.17) is 0 Å². The second kappa shape index (κ2) is 15.8. The monoisotopic (exact) mass is 744 g/mol. The highest BCUT2D eigenvalue weighted by Gasteiger charge is 2.23. The van der Waals surface area contributed by atoms with E-state index in [-0.39, 0.29) is 0 Å². The molecule has 9 aromatic rings. The molecule has 0 atom stereocenters. The van der Waals surface area contributed by atoms with Gasteiger partial charge in [0.1, 0.15) is 0 Å². The van der Waals surface area contributed by atoms with Crippen molar-refractivity contribution in [2.45, 2.75) is 104 Å². The summed E-state index contributed by atoms with van der Waals surface area (Å²) < 4.78 is 5.28. The van der Waals surface area contributed by atoms with Gasteiger partial charge in [0, 0.05) is 77.6 Å². The molecule has 54 heavy (non-hydrogen) atoms. The molecular weight excluding hydrogens is 693 g/mol. The number of rotatable bonds is 16. The van der Waals surface area contributed by atoms with E-state index in [0.29, 0.717) is 0 Å². The molecule has 0 bridgehead atoms. The first kappa shape index (κ1) is 35.3. The van der Waals surface area contributed by atoms with Crippen LogP contribution in [-0.4, -0.2) is 9.13 Å². The molecular formula is C50H52N2S2. The quantitative estimate of drug-likeness (QED) is 0.0689. The number of fused-ring (bicyclic) bond motifs is 8. The highest BCUT2D eigenvalue weighted by molar-refractivity contribution is 7.14. The van der Waals surface area contributed by atoms with Crippen LogP contribution in [0.25, 0.3) is 86.0 Å². The first-order valence-electron chi connectivity index (χ1n) is 20.7. The summed E-state index contributed by atoms with van der Waals surface area (Å²) in [7, 11) is 0. The molecule has 4 heteroatoms. The Morgan fingerprint density at radius 2 is 0.778 bits per heavy atom. The molecule has 0 aliphatic rings. The van der Waals surface area contributed by atoms with Gasteiger partial charge >= 0.3 is 0 Å². The summed E-state index contributed by atoms with van der Waals surface area (Å²) in [6.45, 7) is 6.72. The molecule has 0 saturated carbocycles. The van der Waals surface area contributed by atoms with Crippen LogP contribution in [0.3, 0.4) is 0 Å². The molecule has 0 spiro atoms. The summed E-state index contributed by atoms with van der Waals surface area (Å²) in [5, 5.41) is 15.4. The summed E-state index contributed by atoms with van der Waals surface area (Å²) in [6, 6.07) is 37.6. The number of hydrogen-bond acceptors (Lipinski definition) is 2. The Hall–Kier alpha value is -4.38. The van der Waals surface area contributed by atoms with Crippen molar-refractivity contribution < 1.29 is 0 Å². The summed E-state index contributed by atoms with van der Waals surface area (Å²) in [4.78, 5) is 2.69. The fraction of sp³-hybridized carbons (Fsp3) is 0.320. The summed E-state index contributed by atoms with van der Waals surface area (Å²) in [5.74, 6) is 0. The lowest BCUT2D eigenvalue weighted by Gasteiger charge is -2.18. The van der Waals surface area contributed by atoms with Gasteiger partial charge in [-0.1, -0.05) is 127 Å². The first-order chi connectivity index (χ1) is 26.8. The fourth-order valence-corrected chi connectivity index (χ4v) is 10.9. The number of unbranched alkanes of at least 4 members (excludes halogenated alkanes) is 10. The van der Waals surface area contributed by atoms with Crippen LogP contribution in [0, 0.1) is 0 Å². The Balaban J connectivity index is 1.32. The lowest BCUT2D eigenvalue weighted by Crippen LogP contribution is -1.99. The van der Waals surface area contributed by atoms with Gasteiger partial charge in [-0.25, -0.2) is 0 Å². The Morgan fingerprint density at radius 1 is 0.370 bits per heavy atom. The molecule has 0 N–H and O–H groups in total. The molecule has 4 aromatic heterocycles. The number of nitrogens with zero attached hydrogens (tertiary/aromatic N) is 2. The summed E-state index contributed by atoms with van der Waals surface area (Å²) >= 11 is 3.74. The first-order valence-corrected chi connectivity index (χ1v) is 22.5. The lowest BCUT2D eigenvalue weighted by molar-refractivity contribution is 0.571. The van der Waals surface area contributed by atoms with E-state index in [9.17, 15) is 0 Å². The normalized spacial score (nSPS) is 12.2. The maximum absolute atomic E-state index is 2.64. The number of aromatic nitrogens is 2. The SMILES string of the molecule is CCCCCCCCn1c2ccccc2c2cc3c(-c4cccs4)c4cc5c6ccccc6n(CCCCCCCC)c5cc4c(-c4cccs4)c3cc21. The van der Waals surface area contributed by atoms with Gasteiger partial charge in [-0.3, -0.25) is 0 Å². The van der Waals surface area contributed by atoms with Gasteiger partial charge in [-0.2, -0.15) is 0 Å². The number of hydrogen-bond donors (Lipinski definition) is 0. The average molecular weight is 745 g/mol. The maximum Gasteiger partial charge on any atom is 0.0498 e. The van der Waals surface area contributed by atoms with Crippen molar-refractivity contribution >= 4 is 87.8 Å². The van der Waals surface area contributed by atoms with Crippen LogP contribution in [0.1, 0.15) is 90.9 Å². The van der Waals surface area contributed by atoms with E-state index in [2.05, 4.69) is 131 Å². The van der Waals surface area contributed by atoms with Crippen LogP contribution in [0.15, 0.2) is 108 Å². The molecule has 2 nitrogen and oxygen atoms in total. The van der Waals surface area contributed by atoms with E-state index in [1.807, 2.05) is 22.7 Å². The third-order valence-corrected chi connectivity index (χ3v) is 13.7. The second-order valence-corrected chi connectivity index (χ2v) is 17.3. The van der Waals surface area contributed by atoms with Crippen molar-refractivity contribution in [1.29, 1.82) is 0 Å². The van der Waals surface area contributed by atoms with Crippen LogP contribution in [0.5, 0.6) is 0 Å². The largest absolute Gasteiger partial charge is 0.340 e. The van der Waals surface area contributed by atoms with Crippen LogP contribution < -0.4 is 0 Å². The topological polar surface area (TPSA) is 9.86 Å². The molecule has 0 unspecified atom stereocenters. The molecule has 0 aliphatic carbocycles. The zero-order valence-electron chi connectivity index (χ0n) is 32.0. The van der Waals surface area contributed by atoms with E-state index in [1.54, 1.807) is 0 Å². The third kappa shape index (κ3) is 6.35. The molecule has 274 valence electrons. The smallest absolute Gasteiger partial charge is 0.0498 e. The van der Waals surface area contributed by atoms with Crippen molar-refractivity contribution in [3.05, 3.63) is 108 Å². The van der Waals surface area contributed by atoms with E-state index in [0.717, 1.165) is 13.1 Å². The maximum atomic E-state index is 2.64. The Morgan fingerprint density at radius 3 is 1.20 bits per heavy atom. The van der Waals surface area contributed by atoms with Gasteiger partial charge in [0.25, 0.3) is 0 Å². The van der Waals surface area contributed by atoms with E-state index in [1.165, 1.54) is 163 Å². The standard InChI is InChI=1S/C50H52N2S2/c1-3-5-7-9-11-17-27-51-43-23-15-13-21-35(43)37-31-39-41(33-45(37)51)50(48-26-20-30-54-48)42-34-46-38(32-40(42)49(39)47-25-19-29-53-47)36-22-14-16-24-44(36)52(46)28-18-12-10-8-6-4-2/h13-16,19-26,29-34H,3-12,17-18,27-28H2,1-2H3. The van der Waals surface area contributed by atoms with Gasteiger partial charge in [-0.05, 0) is 93.7 Å². The highest BCUT2D eigenvalue weighted by atomic mass is 32.1. The molecule has 0 radical (unpaired) electrons. The predicted molar refractivity (Wildman–Crippen MR) is 241 cm³/mol.